The number of aryl methyl sites for hydroxylation is 1. The maximum atomic E-state index is 12.3. The SMILES string of the molecule is CCCC(=O)N1C[C@H](c2nc(C)no2)C2(CCOCC2)C1. The van der Waals surface area contributed by atoms with Gasteiger partial charge >= 0.3 is 0 Å². The number of likely N-dealkylation sites (tertiary alicyclic amines) is 1. The van der Waals surface area contributed by atoms with Crippen molar-refractivity contribution in [3.05, 3.63) is 11.7 Å². The van der Waals surface area contributed by atoms with Gasteiger partial charge < -0.3 is 14.2 Å². The average molecular weight is 293 g/mol. The molecule has 2 aliphatic rings. The highest BCUT2D eigenvalue weighted by molar-refractivity contribution is 5.76. The van der Waals surface area contributed by atoms with Crippen molar-refractivity contribution in [1.82, 2.24) is 15.0 Å². The van der Waals surface area contributed by atoms with Gasteiger partial charge in [-0.2, -0.15) is 4.98 Å². The molecule has 2 saturated heterocycles. The highest BCUT2D eigenvalue weighted by atomic mass is 16.5. The van der Waals surface area contributed by atoms with Crippen molar-refractivity contribution in [3.8, 4) is 0 Å². The largest absolute Gasteiger partial charge is 0.381 e. The zero-order valence-corrected chi connectivity index (χ0v) is 12.8. The van der Waals surface area contributed by atoms with Crippen LogP contribution in [0.15, 0.2) is 4.52 Å². The van der Waals surface area contributed by atoms with Crippen molar-refractivity contribution >= 4 is 5.91 Å². The molecule has 21 heavy (non-hydrogen) atoms. The number of hydrogen-bond acceptors (Lipinski definition) is 5. The van der Waals surface area contributed by atoms with Gasteiger partial charge in [-0.15, -0.1) is 0 Å². The molecule has 6 nitrogen and oxygen atoms in total. The lowest BCUT2D eigenvalue weighted by atomic mass is 9.72. The Morgan fingerprint density at radius 2 is 2.19 bits per heavy atom. The van der Waals surface area contributed by atoms with Crippen molar-refractivity contribution in [2.45, 2.75) is 45.4 Å². The Morgan fingerprint density at radius 1 is 1.43 bits per heavy atom. The van der Waals surface area contributed by atoms with Crippen LogP contribution >= 0.6 is 0 Å². The molecule has 1 aromatic heterocycles. The van der Waals surface area contributed by atoms with E-state index < -0.39 is 0 Å². The van der Waals surface area contributed by atoms with E-state index in [0.717, 1.165) is 39.0 Å². The molecule has 1 amide bonds. The molecule has 1 atom stereocenters. The van der Waals surface area contributed by atoms with Crippen LogP contribution in [-0.4, -0.2) is 47.3 Å². The highest BCUT2D eigenvalue weighted by Gasteiger charge is 2.51. The van der Waals surface area contributed by atoms with Crippen molar-refractivity contribution in [2.24, 2.45) is 5.41 Å². The van der Waals surface area contributed by atoms with Crippen molar-refractivity contribution in [1.29, 1.82) is 0 Å². The molecule has 0 aromatic carbocycles. The summed E-state index contributed by atoms with van der Waals surface area (Å²) in [6.45, 7) is 6.86. The van der Waals surface area contributed by atoms with Crippen LogP contribution in [0.5, 0.6) is 0 Å². The Balaban J connectivity index is 1.86. The normalized spacial score (nSPS) is 24.7. The van der Waals surface area contributed by atoms with Crippen LogP contribution in [-0.2, 0) is 9.53 Å². The van der Waals surface area contributed by atoms with Gasteiger partial charge in [-0.3, -0.25) is 4.79 Å². The van der Waals surface area contributed by atoms with Crippen LogP contribution in [0.3, 0.4) is 0 Å². The summed E-state index contributed by atoms with van der Waals surface area (Å²) >= 11 is 0. The van der Waals surface area contributed by atoms with Gasteiger partial charge in [0.1, 0.15) is 0 Å². The smallest absolute Gasteiger partial charge is 0.232 e. The summed E-state index contributed by atoms with van der Waals surface area (Å²) in [6.07, 6.45) is 3.40. The molecule has 116 valence electrons. The van der Waals surface area contributed by atoms with E-state index in [9.17, 15) is 4.79 Å². The summed E-state index contributed by atoms with van der Waals surface area (Å²) in [5.41, 5.74) is 0.0423. The Bertz CT molecular complexity index is 508. The number of amides is 1. The minimum absolute atomic E-state index is 0.0423. The molecular weight excluding hydrogens is 270 g/mol. The monoisotopic (exact) mass is 293 g/mol. The lowest BCUT2D eigenvalue weighted by Gasteiger charge is -2.36. The number of rotatable bonds is 3. The number of nitrogens with zero attached hydrogens (tertiary/aromatic N) is 3. The fourth-order valence-electron chi connectivity index (χ4n) is 3.61. The number of carbonyl (C=O) groups excluding carboxylic acids is 1. The third kappa shape index (κ3) is 2.69. The topological polar surface area (TPSA) is 68.5 Å². The molecule has 2 aliphatic heterocycles. The van der Waals surface area contributed by atoms with E-state index in [1.807, 2.05) is 18.7 Å². The Morgan fingerprint density at radius 3 is 2.81 bits per heavy atom. The first kappa shape index (κ1) is 14.5. The molecule has 1 spiro atoms. The summed E-state index contributed by atoms with van der Waals surface area (Å²) in [7, 11) is 0. The van der Waals surface area contributed by atoms with E-state index in [1.54, 1.807) is 0 Å². The average Bonchev–Trinajstić information content (AvgIpc) is 3.05. The molecule has 0 N–H and O–H groups in total. The van der Waals surface area contributed by atoms with Crippen LogP contribution in [0.2, 0.25) is 0 Å². The second-order valence-corrected chi connectivity index (χ2v) is 6.23. The van der Waals surface area contributed by atoms with Crippen molar-refractivity contribution < 1.29 is 14.1 Å². The quantitative estimate of drug-likeness (QED) is 0.851. The second kappa shape index (κ2) is 5.75. The zero-order valence-electron chi connectivity index (χ0n) is 12.8. The summed E-state index contributed by atoms with van der Waals surface area (Å²) in [5, 5.41) is 3.92. The van der Waals surface area contributed by atoms with E-state index in [2.05, 4.69) is 10.1 Å². The molecule has 0 saturated carbocycles. The zero-order chi connectivity index (χ0) is 14.9. The van der Waals surface area contributed by atoms with Crippen molar-refractivity contribution in [3.63, 3.8) is 0 Å². The third-order valence-electron chi connectivity index (χ3n) is 4.79. The van der Waals surface area contributed by atoms with Crippen LogP contribution in [0.4, 0.5) is 0 Å². The first-order valence-corrected chi connectivity index (χ1v) is 7.80. The van der Waals surface area contributed by atoms with E-state index in [0.29, 0.717) is 24.7 Å². The first-order chi connectivity index (χ1) is 10.1. The van der Waals surface area contributed by atoms with E-state index in [-0.39, 0.29) is 17.2 Å². The van der Waals surface area contributed by atoms with Gasteiger partial charge in [0, 0.05) is 38.1 Å². The van der Waals surface area contributed by atoms with Gasteiger partial charge in [-0.25, -0.2) is 0 Å². The molecule has 0 radical (unpaired) electrons. The molecule has 3 heterocycles. The first-order valence-electron chi connectivity index (χ1n) is 7.80. The van der Waals surface area contributed by atoms with Crippen LogP contribution in [0.25, 0.3) is 0 Å². The van der Waals surface area contributed by atoms with Gasteiger partial charge in [0.25, 0.3) is 0 Å². The maximum Gasteiger partial charge on any atom is 0.232 e. The molecule has 2 fully saturated rings. The number of ether oxygens (including phenoxy) is 1. The lowest BCUT2D eigenvalue weighted by molar-refractivity contribution is -0.130. The Kier molecular flexibility index (Phi) is 3.97. The van der Waals surface area contributed by atoms with Gasteiger partial charge in [0.15, 0.2) is 5.82 Å². The predicted octanol–water partition coefficient (Wildman–Crippen LogP) is 1.90. The minimum atomic E-state index is 0.0423. The number of carbonyl (C=O) groups is 1. The van der Waals surface area contributed by atoms with Gasteiger partial charge in [0.2, 0.25) is 11.8 Å². The van der Waals surface area contributed by atoms with E-state index >= 15 is 0 Å². The molecular formula is C15H23N3O3. The molecule has 0 unspecified atom stereocenters. The van der Waals surface area contributed by atoms with Crippen molar-refractivity contribution in [2.75, 3.05) is 26.3 Å². The van der Waals surface area contributed by atoms with E-state index in [4.69, 9.17) is 9.26 Å². The van der Waals surface area contributed by atoms with Gasteiger partial charge in [0.05, 0.1) is 5.92 Å². The second-order valence-electron chi connectivity index (χ2n) is 6.23. The summed E-state index contributed by atoms with van der Waals surface area (Å²) in [5.74, 6) is 1.72. The van der Waals surface area contributed by atoms with E-state index in [1.165, 1.54) is 0 Å². The van der Waals surface area contributed by atoms with Crippen LogP contribution in [0.1, 0.15) is 50.2 Å². The van der Waals surface area contributed by atoms with Crippen LogP contribution < -0.4 is 0 Å². The molecule has 0 bridgehead atoms. The van der Waals surface area contributed by atoms with Crippen LogP contribution in [0, 0.1) is 12.3 Å². The lowest BCUT2D eigenvalue weighted by Crippen LogP contribution is -2.37. The fraction of sp³-hybridized carbons (Fsp3) is 0.800. The molecule has 6 heteroatoms. The number of aromatic nitrogens is 2. The standard InChI is InChI=1S/C15H23N3O3/c1-3-4-13(19)18-9-12(14-16-11(2)17-21-14)15(10-18)5-7-20-8-6-15/h12H,3-10H2,1-2H3/t12-/m1/s1. The summed E-state index contributed by atoms with van der Waals surface area (Å²) in [4.78, 5) is 18.7. The summed E-state index contributed by atoms with van der Waals surface area (Å²) < 4.78 is 10.9. The third-order valence-corrected chi connectivity index (χ3v) is 4.79. The molecule has 3 rings (SSSR count). The highest BCUT2D eigenvalue weighted by Crippen LogP contribution is 2.49. The number of hydrogen-bond donors (Lipinski definition) is 0. The van der Waals surface area contributed by atoms with Gasteiger partial charge in [-0.1, -0.05) is 12.1 Å². The Labute approximate surface area is 124 Å². The fourth-order valence-corrected chi connectivity index (χ4v) is 3.61. The predicted molar refractivity (Wildman–Crippen MR) is 75.8 cm³/mol. The summed E-state index contributed by atoms with van der Waals surface area (Å²) in [6, 6.07) is 0. The molecule has 0 aliphatic carbocycles. The maximum absolute atomic E-state index is 12.3. The molecule has 1 aromatic rings. The van der Waals surface area contributed by atoms with Gasteiger partial charge in [-0.05, 0) is 26.2 Å². The Hall–Kier alpha value is -1.43. The minimum Gasteiger partial charge on any atom is -0.381 e.